The SMILES string of the molecule is O=C(NCc1ccnc(-n2ccnc2)c1)c1cccc(S(=O)(=O)NCc2cccs2)c1. The second-order valence-corrected chi connectivity index (χ2v) is 9.41. The van der Waals surface area contributed by atoms with Crippen LogP contribution in [0, 0.1) is 0 Å². The highest BCUT2D eigenvalue weighted by Crippen LogP contribution is 2.14. The van der Waals surface area contributed by atoms with Gasteiger partial charge < -0.3 is 5.32 Å². The summed E-state index contributed by atoms with van der Waals surface area (Å²) in [6, 6.07) is 13.3. The Hall–Kier alpha value is -3.34. The van der Waals surface area contributed by atoms with Crippen LogP contribution in [-0.4, -0.2) is 28.9 Å². The quantitative estimate of drug-likeness (QED) is 0.427. The molecule has 8 nitrogen and oxygen atoms in total. The van der Waals surface area contributed by atoms with E-state index in [1.165, 1.54) is 23.5 Å². The highest BCUT2D eigenvalue weighted by molar-refractivity contribution is 7.89. The van der Waals surface area contributed by atoms with Gasteiger partial charge in [0.05, 0.1) is 4.90 Å². The molecule has 2 N–H and O–H groups in total. The molecule has 0 aliphatic rings. The van der Waals surface area contributed by atoms with E-state index in [0.717, 1.165) is 10.4 Å². The predicted molar refractivity (Wildman–Crippen MR) is 117 cm³/mol. The number of pyridine rings is 1. The lowest BCUT2D eigenvalue weighted by atomic mass is 10.2. The molecule has 0 aliphatic carbocycles. The van der Waals surface area contributed by atoms with Crippen LogP contribution in [0.4, 0.5) is 0 Å². The van der Waals surface area contributed by atoms with E-state index in [0.29, 0.717) is 5.82 Å². The molecular formula is C21H19N5O3S2. The topological polar surface area (TPSA) is 106 Å². The number of amides is 1. The van der Waals surface area contributed by atoms with Crippen LogP contribution in [0.5, 0.6) is 0 Å². The van der Waals surface area contributed by atoms with E-state index in [-0.39, 0.29) is 29.5 Å². The van der Waals surface area contributed by atoms with Crippen LogP contribution in [0.1, 0.15) is 20.8 Å². The molecule has 31 heavy (non-hydrogen) atoms. The van der Waals surface area contributed by atoms with Gasteiger partial charge in [0.15, 0.2) is 0 Å². The van der Waals surface area contributed by atoms with Crippen molar-refractivity contribution in [2.24, 2.45) is 0 Å². The van der Waals surface area contributed by atoms with Crippen molar-refractivity contribution in [3.05, 3.63) is 94.8 Å². The molecule has 0 fully saturated rings. The Bertz CT molecular complexity index is 1270. The third-order valence-electron chi connectivity index (χ3n) is 4.45. The molecule has 0 saturated heterocycles. The van der Waals surface area contributed by atoms with Gasteiger partial charge in [-0.1, -0.05) is 12.1 Å². The third kappa shape index (κ3) is 5.23. The molecule has 0 bridgehead atoms. The smallest absolute Gasteiger partial charge is 0.251 e. The zero-order chi connectivity index (χ0) is 21.7. The fraction of sp³-hybridized carbons (Fsp3) is 0.0952. The van der Waals surface area contributed by atoms with E-state index >= 15 is 0 Å². The number of hydrogen-bond acceptors (Lipinski definition) is 6. The molecule has 0 spiro atoms. The second-order valence-electron chi connectivity index (χ2n) is 6.61. The molecule has 0 unspecified atom stereocenters. The lowest BCUT2D eigenvalue weighted by Gasteiger charge is -2.09. The molecule has 10 heteroatoms. The minimum absolute atomic E-state index is 0.0445. The van der Waals surface area contributed by atoms with Gasteiger partial charge in [-0.2, -0.15) is 0 Å². The normalized spacial score (nSPS) is 11.4. The van der Waals surface area contributed by atoms with Gasteiger partial charge in [-0.15, -0.1) is 11.3 Å². The van der Waals surface area contributed by atoms with Crippen molar-refractivity contribution in [2.75, 3.05) is 0 Å². The number of benzene rings is 1. The molecule has 0 saturated carbocycles. The Morgan fingerprint density at radius 3 is 2.74 bits per heavy atom. The molecular weight excluding hydrogens is 434 g/mol. The summed E-state index contributed by atoms with van der Waals surface area (Å²) >= 11 is 1.47. The number of thiophene rings is 1. The first kappa shape index (κ1) is 20.9. The van der Waals surface area contributed by atoms with E-state index in [9.17, 15) is 13.2 Å². The number of carbonyl (C=O) groups excluding carboxylic acids is 1. The molecule has 1 aromatic carbocycles. The Kier molecular flexibility index (Phi) is 6.21. The first-order chi connectivity index (χ1) is 15.0. The van der Waals surface area contributed by atoms with Gasteiger partial charge in [-0.05, 0) is 47.3 Å². The highest BCUT2D eigenvalue weighted by atomic mass is 32.2. The van der Waals surface area contributed by atoms with Crippen molar-refractivity contribution in [3.63, 3.8) is 0 Å². The lowest BCUT2D eigenvalue weighted by molar-refractivity contribution is 0.0950. The number of aromatic nitrogens is 3. The lowest BCUT2D eigenvalue weighted by Crippen LogP contribution is -2.25. The van der Waals surface area contributed by atoms with Crippen LogP contribution in [0.15, 0.2) is 83.7 Å². The van der Waals surface area contributed by atoms with Crippen molar-refractivity contribution < 1.29 is 13.2 Å². The maximum absolute atomic E-state index is 12.6. The van der Waals surface area contributed by atoms with Gasteiger partial charge in [0, 0.05) is 42.1 Å². The molecule has 4 aromatic rings. The van der Waals surface area contributed by atoms with E-state index in [4.69, 9.17) is 0 Å². The van der Waals surface area contributed by atoms with Crippen molar-refractivity contribution in [1.29, 1.82) is 0 Å². The molecule has 158 valence electrons. The van der Waals surface area contributed by atoms with Crippen LogP contribution in [0.3, 0.4) is 0 Å². The summed E-state index contributed by atoms with van der Waals surface area (Å²) in [5.74, 6) is 0.324. The Balaban J connectivity index is 1.42. The Morgan fingerprint density at radius 2 is 1.97 bits per heavy atom. The number of rotatable bonds is 8. The summed E-state index contributed by atoms with van der Waals surface area (Å²) in [5, 5.41) is 4.70. The fourth-order valence-corrected chi connectivity index (χ4v) is 4.65. The van der Waals surface area contributed by atoms with Gasteiger partial charge in [0.2, 0.25) is 10.0 Å². The zero-order valence-corrected chi connectivity index (χ0v) is 17.9. The largest absolute Gasteiger partial charge is 0.348 e. The van der Waals surface area contributed by atoms with Gasteiger partial charge in [-0.3, -0.25) is 9.36 Å². The monoisotopic (exact) mass is 453 g/mol. The summed E-state index contributed by atoms with van der Waals surface area (Å²) in [5.41, 5.74) is 1.12. The van der Waals surface area contributed by atoms with Crippen LogP contribution in [0.25, 0.3) is 5.82 Å². The third-order valence-corrected chi connectivity index (χ3v) is 6.73. The summed E-state index contributed by atoms with van der Waals surface area (Å²) in [6.45, 7) is 0.481. The Morgan fingerprint density at radius 1 is 1.06 bits per heavy atom. The highest BCUT2D eigenvalue weighted by Gasteiger charge is 2.16. The van der Waals surface area contributed by atoms with E-state index < -0.39 is 10.0 Å². The number of nitrogens with zero attached hydrogens (tertiary/aromatic N) is 3. The predicted octanol–water partition coefficient (Wildman–Crippen LogP) is 2.74. The second kappa shape index (κ2) is 9.21. The fourth-order valence-electron chi connectivity index (χ4n) is 2.86. The number of imidazole rings is 1. The van der Waals surface area contributed by atoms with E-state index in [1.54, 1.807) is 47.7 Å². The van der Waals surface area contributed by atoms with Crippen molar-refractivity contribution in [1.82, 2.24) is 24.6 Å². The van der Waals surface area contributed by atoms with Gasteiger partial charge in [-0.25, -0.2) is 23.1 Å². The van der Waals surface area contributed by atoms with Crippen LogP contribution >= 0.6 is 11.3 Å². The average Bonchev–Trinajstić information content (AvgIpc) is 3.51. The number of sulfonamides is 1. The van der Waals surface area contributed by atoms with Crippen molar-refractivity contribution >= 4 is 27.3 Å². The summed E-state index contributed by atoms with van der Waals surface area (Å²) < 4.78 is 29.5. The number of nitrogens with one attached hydrogen (secondary N) is 2. The maximum atomic E-state index is 12.6. The minimum Gasteiger partial charge on any atom is -0.348 e. The molecule has 0 radical (unpaired) electrons. The zero-order valence-electron chi connectivity index (χ0n) is 16.3. The van der Waals surface area contributed by atoms with Gasteiger partial charge in [0.1, 0.15) is 12.1 Å². The number of hydrogen-bond donors (Lipinski definition) is 2. The summed E-state index contributed by atoms with van der Waals surface area (Å²) in [7, 11) is -3.73. The van der Waals surface area contributed by atoms with Crippen LogP contribution in [-0.2, 0) is 23.1 Å². The number of carbonyl (C=O) groups is 1. The first-order valence-electron chi connectivity index (χ1n) is 9.35. The first-order valence-corrected chi connectivity index (χ1v) is 11.7. The summed E-state index contributed by atoms with van der Waals surface area (Å²) in [4.78, 5) is 21.8. The van der Waals surface area contributed by atoms with Crippen molar-refractivity contribution in [2.45, 2.75) is 18.0 Å². The van der Waals surface area contributed by atoms with Crippen LogP contribution in [0.2, 0.25) is 0 Å². The molecule has 0 aliphatic heterocycles. The van der Waals surface area contributed by atoms with E-state index in [1.807, 2.05) is 23.6 Å². The van der Waals surface area contributed by atoms with Crippen LogP contribution < -0.4 is 10.0 Å². The Labute approximate surface area is 183 Å². The summed E-state index contributed by atoms with van der Waals surface area (Å²) in [6.07, 6.45) is 6.74. The van der Waals surface area contributed by atoms with E-state index in [2.05, 4.69) is 20.0 Å². The van der Waals surface area contributed by atoms with Gasteiger partial charge in [0.25, 0.3) is 5.91 Å². The maximum Gasteiger partial charge on any atom is 0.251 e. The molecule has 1 amide bonds. The molecule has 3 aromatic heterocycles. The van der Waals surface area contributed by atoms with Crippen molar-refractivity contribution in [3.8, 4) is 5.82 Å². The minimum atomic E-state index is -3.73. The molecule has 3 heterocycles. The standard InChI is InChI=1S/C21H19N5O3S2/c27-21(24-13-16-6-7-23-20(11-16)26-9-8-22-15-26)17-3-1-5-19(12-17)31(28,29)25-14-18-4-2-10-30-18/h1-12,15,25H,13-14H2,(H,24,27). The molecule has 0 atom stereocenters. The molecule has 4 rings (SSSR count). The average molecular weight is 454 g/mol. The van der Waals surface area contributed by atoms with Gasteiger partial charge >= 0.3 is 0 Å².